The van der Waals surface area contributed by atoms with E-state index in [9.17, 15) is 4.79 Å². The number of ketones is 1. The molecule has 2 rings (SSSR count). The summed E-state index contributed by atoms with van der Waals surface area (Å²) in [6.07, 6.45) is 0.662. The number of benzene rings is 1. The third-order valence-corrected chi connectivity index (χ3v) is 3.26. The largest absolute Gasteiger partial charge is 0.380 e. The molecular formula is C14H19NO2. The predicted octanol–water partition coefficient (Wildman–Crippen LogP) is 2.25. The molecule has 1 unspecified atom stereocenters. The molecule has 1 heterocycles. The molecule has 1 aliphatic rings. The zero-order valence-electron chi connectivity index (χ0n) is 10.5. The lowest BCUT2D eigenvalue weighted by atomic mass is 9.98. The molecule has 0 amide bonds. The summed E-state index contributed by atoms with van der Waals surface area (Å²) < 4.78 is 5.14. The number of hydrogen-bond donors (Lipinski definition) is 0. The number of methoxy groups -OCH3 is 1. The second-order valence-corrected chi connectivity index (χ2v) is 4.67. The Morgan fingerprint density at radius 2 is 2.29 bits per heavy atom. The molecule has 0 radical (unpaired) electrons. The summed E-state index contributed by atoms with van der Waals surface area (Å²) in [4.78, 5) is 13.8. The normalized spacial score (nSPS) is 20.7. The van der Waals surface area contributed by atoms with Gasteiger partial charge in [0.1, 0.15) is 5.78 Å². The number of piperidine rings is 1. The Balaban J connectivity index is 2.11. The van der Waals surface area contributed by atoms with Gasteiger partial charge in [0.05, 0.1) is 6.61 Å². The molecule has 0 N–H and O–H groups in total. The van der Waals surface area contributed by atoms with Crippen LogP contribution in [0.15, 0.2) is 24.3 Å². The van der Waals surface area contributed by atoms with Crippen molar-refractivity contribution in [3.05, 3.63) is 29.8 Å². The maximum atomic E-state index is 11.5. The lowest BCUT2D eigenvalue weighted by Crippen LogP contribution is -2.39. The van der Waals surface area contributed by atoms with Gasteiger partial charge in [-0.25, -0.2) is 0 Å². The molecule has 1 fully saturated rings. The molecule has 17 heavy (non-hydrogen) atoms. The third-order valence-electron chi connectivity index (χ3n) is 3.26. The molecule has 3 nitrogen and oxygen atoms in total. The highest BCUT2D eigenvalue weighted by Gasteiger charge is 2.23. The van der Waals surface area contributed by atoms with Crippen LogP contribution in [0.3, 0.4) is 0 Å². The van der Waals surface area contributed by atoms with Crippen molar-refractivity contribution in [2.45, 2.75) is 20.0 Å². The van der Waals surface area contributed by atoms with Crippen LogP contribution in [0.1, 0.15) is 18.9 Å². The van der Waals surface area contributed by atoms with Crippen LogP contribution in [-0.4, -0.2) is 26.0 Å². The molecule has 1 saturated heterocycles. The van der Waals surface area contributed by atoms with Crippen LogP contribution in [-0.2, 0) is 16.1 Å². The molecule has 0 saturated carbocycles. The molecule has 0 aromatic heterocycles. The average molecular weight is 233 g/mol. The lowest BCUT2D eigenvalue weighted by molar-refractivity contribution is -0.122. The molecule has 1 atom stereocenters. The van der Waals surface area contributed by atoms with Gasteiger partial charge in [-0.15, -0.1) is 0 Å². The van der Waals surface area contributed by atoms with Crippen molar-refractivity contribution in [3.8, 4) is 0 Å². The summed E-state index contributed by atoms with van der Waals surface area (Å²) in [6, 6.07) is 8.35. The minimum atomic E-state index is 0.148. The van der Waals surface area contributed by atoms with Crippen LogP contribution >= 0.6 is 0 Å². The van der Waals surface area contributed by atoms with Crippen LogP contribution < -0.4 is 4.90 Å². The third kappa shape index (κ3) is 2.86. The van der Waals surface area contributed by atoms with Crippen LogP contribution in [0, 0.1) is 5.92 Å². The topological polar surface area (TPSA) is 29.5 Å². The smallest absolute Gasteiger partial charge is 0.139 e. The number of rotatable bonds is 3. The van der Waals surface area contributed by atoms with Gasteiger partial charge < -0.3 is 9.64 Å². The summed E-state index contributed by atoms with van der Waals surface area (Å²) in [5.74, 6) is 0.532. The molecule has 3 heteroatoms. The van der Waals surface area contributed by atoms with Gasteiger partial charge in [0.15, 0.2) is 0 Å². The SMILES string of the molecule is COCc1cccc(N2CCC(=O)C(C)C2)c1. The van der Waals surface area contributed by atoms with Crippen molar-refractivity contribution in [2.24, 2.45) is 5.92 Å². The van der Waals surface area contributed by atoms with E-state index in [0.717, 1.165) is 13.1 Å². The summed E-state index contributed by atoms with van der Waals surface area (Å²) in [5.41, 5.74) is 2.37. The number of anilines is 1. The van der Waals surface area contributed by atoms with Crippen LogP contribution in [0.25, 0.3) is 0 Å². The Hall–Kier alpha value is -1.35. The van der Waals surface area contributed by atoms with E-state index in [-0.39, 0.29) is 5.92 Å². The van der Waals surface area contributed by atoms with E-state index in [1.807, 2.05) is 13.0 Å². The maximum absolute atomic E-state index is 11.5. The monoisotopic (exact) mass is 233 g/mol. The fraction of sp³-hybridized carbons (Fsp3) is 0.500. The van der Waals surface area contributed by atoms with E-state index in [4.69, 9.17) is 4.74 Å². The Morgan fingerprint density at radius 1 is 1.47 bits per heavy atom. The minimum absolute atomic E-state index is 0.148. The number of Topliss-reactive ketones (excluding diaryl/α,β-unsaturated/α-hetero) is 1. The van der Waals surface area contributed by atoms with Crippen LogP contribution in [0.2, 0.25) is 0 Å². The van der Waals surface area contributed by atoms with Crippen molar-refractivity contribution >= 4 is 11.5 Å². The lowest BCUT2D eigenvalue weighted by Gasteiger charge is -2.32. The van der Waals surface area contributed by atoms with Gasteiger partial charge in [-0.3, -0.25) is 4.79 Å². The molecular weight excluding hydrogens is 214 g/mol. The fourth-order valence-corrected chi connectivity index (χ4v) is 2.26. The van der Waals surface area contributed by atoms with Crippen molar-refractivity contribution < 1.29 is 9.53 Å². The summed E-state index contributed by atoms with van der Waals surface area (Å²) in [7, 11) is 1.70. The Kier molecular flexibility index (Phi) is 3.79. The van der Waals surface area contributed by atoms with Gasteiger partial charge in [-0.2, -0.15) is 0 Å². The predicted molar refractivity (Wildman–Crippen MR) is 68.2 cm³/mol. The number of ether oxygens (including phenoxy) is 1. The molecule has 1 aliphatic heterocycles. The van der Waals surface area contributed by atoms with Crippen LogP contribution in [0.5, 0.6) is 0 Å². The van der Waals surface area contributed by atoms with E-state index >= 15 is 0 Å². The Labute approximate surface area is 102 Å². The zero-order chi connectivity index (χ0) is 12.3. The van der Waals surface area contributed by atoms with E-state index in [1.165, 1.54) is 11.3 Å². The van der Waals surface area contributed by atoms with Gasteiger partial charge in [0.2, 0.25) is 0 Å². The zero-order valence-corrected chi connectivity index (χ0v) is 10.5. The van der Waals surface area contributed by atoms with Gasteiger partial charge in [-0.05, 0) is 17.7 Å². The number of hydrogen-bond acceptors (Lipinski definition) is 3. The van der Waals surface area contributed by atoms with Gasteiger partial charge in [0.25, 0.3) is 0 Å². The van der Waals surface area contributed by atoms with Crippen molar-refractivity contribution in [3.63, 3.8) is 0 Å². The fourth-order valence-electron chi connectivity index (χ4n) is 2.26. The maximum Gasteiger partial charge on any atom is 0.139 e. The number of nitrogens with zero attached hydrogens (tertiary/aromatic N) is 1. The molecule has 0 bridgehead atoms. The van der Waals surface area contributed by atoms with Gasteiger partial charge >= 0.3 is 0 Å². The van der Waals surface area contributed by atoms with Crippen molar-refractivity contribution in [1.82, 2.24) is 0 Å². The standard InChI is InChI=1S/C14H19NO2/c1-11-9-15(7-6-14(11)16)13-5-3-4-12(8-13)10-17-2/h3-5,8,11H,6-7,9-10H2,1-2H3. The summed E-state index contributed by atoms with van der Waals surface area (Å²) >= 11 is 0. The van der Waals surface area contributed by atoms with Crippen molar-refractivity contribution in [1.29, 1.82) is 0 Å². The highest BCUT2D eigenvalue weighted by Crippen LogP contribution is 2.22. The quantitative estimate of drug-likeness (QED) is 0.802. The van der Waals surface area contributed by atoms with Gasteiger partial charge in [-0.1, -0.05) is 19.1 Å². The Morgan fingerprint density at radius 3 is 3.00 bits per heavy atom. The molecule has 92 valence electrons. The average Bonchev–Trinajstić information content (AvgIpc) is 2.33. The number of carbonyl (C=O) groups excluding carboxylic acids is 1. The molecule has 0 aliphatic carbocycles. The minimum Gasteiger partial charge on any atom is -0.380 e. The summed E-state index contributed by atoms with van der Waals surface area (Å²) in [5, 5.41) is 0. The summed E-state index contributed by atoms with van der Waals surface area (Å²) in [6.45, 7) is 4.30. The molecule has 0 spiro atoms. The Bertz CT molecular complexity index is 403. The first-order valence-corrected chi connectivity index (χ1v) is 6.06. The van der Waals surface area contributed by atoms with Crippen molar-refractivity contribution in [2.75, 3.05) is 25.1 Å². The first-order valence-electron chi connectivity index (χ1n) is 6.06. The molecule has 1 aromatic carbocycles. The van der Waals surface area contributed by atoms with E-state index in [2.05, 4.69) is 23.1 Å². The molecule has 1 aromatic rings. The highest BCUT2D eigenvalue weighted by molar-refractivity contribution is 5.83. The van der Waals surface area contributed by atoms with E-state index in [0.29, 0.717) is 18.8 Å². The van der Waals surface area contributed by atoms with E-state index in [1.54, 1.807) is 7.11 Å². The number of carbonyl (C=O) groups is 1. The second kappa shape index (κ2) is 5.32. The first kappa shape index (κ1) is 12.1. The second-order valence-electron chi connectivity index (χ2n) is 4.67. The highest BCUT2D eigenvalue weighted by atomic mass is 16.5. The van der Waals surface area contributed by atoms with E-state index < -0.39 is 0 Å². The van der Waals surface area contributed by atoms with Gasteiger partial charge in [0, 0.05) is 38.2 Å². The first-order chi connectivity index (χ1) is 8.20. The van der Waals surface area contributed by atoms with Crippen LogP contribution in [0.4, 0.5) is 5.69 Å².